The minimum absolute atomic E-state index is 0.0767. The Morgan fingerprint density at radius 3 is 2.68 bits per heavy atom. The summed E-state index contributed by atoms with van der Waals surface area (Å²) >= 11 is 0. The molecular formula is C17H15FO4. The monoisotopic (exact) mass is 302 g/mol. The highest BCUT2D eigenvalue weighted by Crippen LogP contribution is 2.29. The van der Waals surface area contributed by atoms with Crippen molar-refractivity contribution >= 4 is 12.0 Å². The van der Waals surface area contributed by atoms with E-state index in [1.807, 2.05) is 0 Å². The third-order valence-electron chi connectivity index (χ3n) is 2.95. The molecule has 0 aliphatic rings. The largest absolute Gasteiger partial charge is 0.493 e. The molecule has 22 heavy (non-hydrogen) atoms. The van der Waals surface area contributed by atoms with Crippen molar-refractivity contribution in [1.29, 1.82) is 0 Å². The zero-order chi connectivity index (χ0) is 15.9. The first-order chi connectivity index (χ1) is 10.6. The van der Waals surface area contributed by atoms with Gasteiger partial charge in [0.1, 0.15) is 12.4 Å². The summed E-state index contributed by atoms with van der Waals surface area (Å²) in [4.78, 5) is 10.5. The van der Waals surface area contributed by atoms with Gasteiger partial charge in [-0.2, -0.15) is 0 Å². The lowest BCUT2D eigenvalue weighted by Crippen LogP contribution is -2.00. The Hall–Kier alpha value is -2.82. The van der Waals surface area contributed by atoms with Gasteiger partial charge in [-0.05, 0) is 29.8 Å². The van der Waals surface area contributed by atoms with Gasteiger partial charge < -0.3 is 14.6 Å². The molecule has 0 bridgehead atoms. The van der Waals surface area contributed by atoms with E-state index in [0.29, 0.717) is 22.6 Å². The highest BCUT2D eigenvalue weighted by Gasteiger charge is 2.07. The summed E-state index contributed by atoms with van der Waals surface area (Å²) < 4.78 is 24.3. The van der Waals surface area contributed by atoms with Gasteiger partial charge in [0.15, 0.2) is 11.5 Å². The number of hydrogen-bond donors (Lipinski definition) is 1. The molecule has 1 N–H and O–H groups in total. The van der Waals surface area contributed by atoms with Gasteiger partial charge >= 0.3 is 5.97 Å². The number of aliphatic carboxylic acids is 1. The van der Waals surface area contributed by atoms with E-state index in [1.165, 1.54) is 19.3 Å². The lowest BCUT2D eigenvalue weighted by Gasteiger charge is -2.11. The first-order valence-corrected chi connectivity index (χ1v) is 6.55. The fourth-order valence-electron chi connectivity index (χ4n) is 1.85. The summed E-state index contributed by atoms with van der Waals surface area (Å²) in [5.41, 5.74) is 1.11. The van der Waals surface area contributed by atoms with Crippen LogP contribution in [0.4, 0.5) is 4.39 Å². The average molecular weight is 302 g/mol. The maximum absolute atomic E-state index is 13.5. The molecule has 0 radical (unpaired) electrons. The van der Waals surface area contributed by atoms with Crippen LogP contribution in [-0.2, 0) is 11.4 Å². The van der Waals surface area contributed by atoms with Crippen molar-refractivity contribution in [3.8, 4) is 11.5 Å². The molecule has 2 aromatic carbocycles. The van der Waals surface area contributed by atoms with Crippen LogP contribution in [0.2, 0.25) is 0 Å². The number of halogens is 1. The molecule has 0 amide bonds. The zero-order valence-corrected chi connectivity index (χ0v) is 12.0. The Bertz CT molecular complexity index is 695. The number of ether oxygens (including phenoxy) is 2. The van der Waals surface area contributed by atoms with Crippen molar-refractivity contribution in [2.75, 3.05) is 7.11 Å². The van der Waals surface area contributed by atoms with E-state index in [4.69, 9.17) is 14.6 Å². The lowest BCUT2D eigenvalue weighted by atomic mass is 10.2. The van der Waals surface area contributed by atoms with Crippen molar-refractivity contribution in [2.45, 2.75) is 6.61 Å². The molecule has 114 valence electrons. The molecule has 5 heteroatoms. The summed E-state index contributed by atoms with van der Waals surface area (Å²) in [5, 5.41) is 8.61. The van der Waals surface area contributed by atoms with Crippen molar-refractivity contribution in [1.82, 2.24) is 0 Å². The van der Waals surface area contributed by atoms with Gasteiger partial charge in [0, 0.05) is 11.6 Å². The summed E-state index contributed by atoms with van der Waals surface area (Å²) in [5.74, 6) is -0.455. The van der Waals surface area contributed by atoms with Crippen LogP contribution in [-0.4, -0.2) is 18.2 Å². The predicted octanol–water partition coefficient (Wildman–Crippen LogP) is 3.51. The Morgan fingerprint density at radius 2 is 2.00 bits per heavy atom. The summed E-state index contributed by atoms with van der Waals surface area (Å²) in [6.07, 6.45) is 2.49. The van der Waals surface area contributed by atoms with Crippen LogP contribution in [0.5, 0.6) is 11.5 Å². The number of rotatable bonds is 6. The molecular weight excluding hydrogens is 287 g/mol. The van der Waals surface area contributed by atoms with Crippen LogP contribution in [0.1, 0.15) is 11.1 Å². The smallest absolute Gasteiger partial charge is 0.328 e. The molecule has 0 aliphatic carbocycles. The quantitative estimate of drug-likeness (QED) is 0.830. The normalized spacial score (nSPS) is 10.6. The van der Waals surface area contributed by atoms with Crippen LogP contribution in [0.25, 0.3) is 6.08 Å². The lowest BCUT2D eigenvalue weighted by molar-refractivity contribution is -0.131. The number of carboxylic acid groups (broad SMARTS) is 1. The molecule has 2 rings (SSSR count). The first-order valence-electron chi connectivity index (χ1n) is 6.55. The molecule has 4 nitrogen and oxygen atoms in total. The predicted molar refractivity (Wildman–Crippen MR) is 80.4 cm³/mol. The fraction of sp³-hybridized carbons (Fsp3) is 0.118. The molecule has 0 aliphatic heterocycles. The van der Waals surface area contributed by atoms with E-state index in [2.05, 4.69) is 0 Å². The maximum atomic E-state index is 13.5. The van der Waals surface area contributed by atoms with Crippen molar-refractivity contribution in [3.05, 3.63) is 65.5 Å². The molecule has 0 aromatic heterocycles. The highest BCUT2D eigenvalue weighted by atomic mass is 19.1. The number of carbonyl (C=O) groups is 1. The zero-order valence-electron chi connectivity index (χ0n) is 12.0. The van der Waals surface area contributed by atoms with Gasteiger partial charge in [-0.15, -0.1) is 0 Å². The topological polar surface area (TPSA) is 55.8 Å². The molecule has 0 unspecified atom stereocenters. The maximum Gasteiger partial charge on any atom is 0.328 e. The van der Waals surface area contributed by atoms with E-state index in [0.717, 1.165) is 6.08 Å². The van der Waals surface area contributed by atoms with Gasteiger partial charge in [0.25, 0.3) is 0 Å². The Labute approximate surface area is 127 Å². The van der Waals surface area contributed by atoms with Crippen LogP contribution in [0.3, 0.4) is 0 Å². The van der Waals surface area contributed by atoms with Gasteiger partial charge in [0.05, 0.1) is 7.11 Å². The van der Waals surface area contributed by atoms with E-state index in [-0.39, 0.29) is 12.4 Å². The van der Waals surface area contributed by atoms with E-state index >= 15 is 0 Å². The Kier molecular flexibility index (Phi) is 5.14. The summed E-state index contributed by atoms with van der Waals surface area (Å²) in [6.45, 7) is 0.0767. The number of carboxylic acids is 1. The summed E-state index contributed by atoms with van der Waals surface area (Å²) in [7, 11) is 1.48. The second-order valence-electron chi connectivity index (χ2n) is 4.46. The molecule has 0 atom stereocenters. The van der Waals surface area contributed by atoms with Crippen molar-refractivity contribution < 1.29 is 23.8 Å². The SMILES string of the molecule is COc1cc(/C=C/C(=O)O)ccc1OCc1ccccc1F. The standard InChI is InChI=1S/C17H15FO4/c1-21-16-10-12(7-9-17(19)20)6-8-15(16)22-11-13-4-2-3-5-14(13)18/h2-10H,11H2,1H3,(H,19,20)/b9-7+. The van der Waals surface area contributed by atoms with Crippen molar-refractivity contribution in [3.63, 3.8) is 0 Å². The van der Waals surface area contributed by atoms with E-state index in [1.54, 1.807) is 36.4 Å². The van der Waals surface area contributed by atoms with E-state index in [9.17, 15) is 9.18 Å². The van der Waals surface area contributed by atoms with Crippen molar-refractivity contribution in [2.24, 2.45) is 0 Å². The molecule has 0 saturated heterocycles. The van der Waals surface area contributed by atoms with Gasteiger partial charge in [-0.1, -0.05) is 24.3 Å². The fourth-order valence-corrected chi connectivity index (χ4v) is 1.85. The molecule has 0 fully saturated rings. The number of methoxy groups -OCH3 is 1. The molecule has 2 aromatic rings. The number of hydrogen-bond acceptors (Lipinski definition) is 3. The van der Waals surface area contributed by atoms with Gasteiger partial charge in [0.2, 0.25) is 0 Å². The third kappa shape index (κ3) is 4.09. The third-order valence-corrected chi connectivity index (χ3v) is 2.95. The Balaban J connectivity index is 2.14. The minimum Gasteiger partial charge on any atom is -0.493 e. The second-order valence-corrected chi connectivity index (χ2v) is 4.46. The summed E-state index contributed by atoms with van der Waals surface area (Å²) in [6, 6.07) is 11.4. The average Bonchev–Trinajstić information content (AvgIpc) is 2.52. The van der Waals surface area contributed by atoms with Gasteiger partial charge in [-0.3, -0.25) is 0 Å². The minimum atomic E-state index is -1.03. The first kappa shape index (κ1) is 15.6. The van der Waals surface area contributed by atoms with E-state index < -0.39 is 5.97 Å². The van der Waals surface area contributed by atoms with Crippen LogP contribution < -0.4 is 9.47 Å². The van der Waals surface area contributed by atoms with Crippen LogP contribution >= 0.6 is 0 Å². The van der Waals surface area contributed by atoms with Crippen LogP contribution in [0.15, 0.2) is 48.5 Å². The molecule has 0 saturated carbocycles. The molecule has 0 heterocycles. The molecule has 0 spiro atoms. The number of benzene rings is 2. The van der Waals surface area contributed by atoms with Gasteiger partial charge in [-0.25, -0.2) is 9.18 Å². The highest BCUT2D eigenvalue weighted by molar-refractivity contribution is 5.85. The Morgan fingerprint density at radius 1 is 1.23 bits per heavy atom. The van der Waals surface area contributed by atoms with Crippen LogP contribution in [0, 0.1) is 5.82 Å². The second kappa shape index (κ2) is 7.26.